The second-order valence-corrected chi connectivity index (χ2v) is 8.38. The molecule has 162 valence electrons. The Bertz CT molecular complexity index is 1550. The van der Waals surface area contributed by atoms with Crippen LogP contribution in [0.3, 0.4) is 0 Å². The van der Waals surface area contributed by atoms with Crippen LogP contribution in [-0.4, -0.2) is 31.8 Å². The van der Waals surface area contributed by atoms with Crippen LogP contribution in [0.4, 0.5) is 0 Å². The van der Waals surface area contributed by atoms with E-state index in [1.807, 2.05) is 60.2 Å². The van der Waals surface area contributed by atoms with Crippen molar-refractivity contribution in [1.29, 1.82) is 0 Å². The van der Waals surface area contributed by atoms with Gasteiger partial charge in [-0.2, -0.15) is 5.10 Å². The summed E-state index contributed by atoms with van der Waals surface area (Å²) in [4.78, 5) is 29.2. The summed E-state index contributed by atoms with van der Waals surface area (Å²) in [5.74, 6) is -0.149. The molecule has 0 spiro atoms. The highest BCUT2D eigenvalue weighted by Crippen LogP contribution is 2.29. The molecule has 0 bridgehead atoms. The number of nitrogens with zero attached hydrogens (tertiary/aromatic N) is 3. The number of para-hydroxylation sites is 1. The Morgan fingerprint density at radius 2 is 2.00 bits per heavy atom. The summed E-state index contributed by atoms with van der Waals surface area (Å²) in [6, 6.07) is 12.8. The molecule has 0 aliphatic rings. The van der Waals surface area contributed by atoms with Gasteiger partial charge in [0.05, 0.1) is 11.7 Å². The number of carbonyl (C=O) groups excluding carboxylic acids is 1. The molecule has 32 heavy (non-hydrogen) atoms. The van der Waals surface area contributed by atoms with E-state index in [-0.39, 0.29) is 11.5 Å². The van der Waals surface area contributed by atoms with E-state index in [1.165, 1.54) is 4.68 Å². The van der Waals surface area contributed by atoms with Crippen LogP contribution in [0.2, 0.25) is 5.02 Å². The number of carbonyl (C=O) groups is 1. The number of nitrogens with one attached hydrogen (secondary N) is 2. The number of aromatic amines is 1. The van der Waals surface area contributed by atoms with Crippen LogP contribution in [0.5, 0.6) is 0 Å². The maximum absolute atomic E-state index is 13.1. The van der Waals surface area contributed by atoms with Crippen molar-refractivity contribution < 1.29 is 4.79 Å². The quantitative estimate of drug-likeness (QED) is 0.428. The summed E-state index contributed by atoms with van der Waals surface area (Å²) in [6.45, 7) is 2.28. The maximum Gasteiger partial charge on any atom is 0.291 e. The van der Waals surface area contributed by atoms with E-state index in [0.717, 1.165) is 32.8 Å². The lowest BCUT2D eigenvalue weighted by molar-refractivity contribution is -0.123. The molecule has 1 atom stereocenters. The number of halogens is 1. The highest BCUT2D eigenvalue weighted by Gasteiger charge is 2.23. The molecule has 0 aliphatic carbocycles. The molecular formula is C24H22ClN5O2. The maximum atomic E-state index is 13.1. The van der Waals surface area contributed by atoms with Crippen LogP contribution in [0.15, 0.2) is 59.7 Å². The first-order valence-electron chi connectivity index (χ1n) is 10.4. The number of aryl methyl sites for hydroxylation is 1. The molecule has 0 aliphatic heterocycles. The van der Waals surface area contributed by atoms with Crippen LogP contribution in [0.1, 0.15) is 18.5 Å². The lowest BCUT2D eigenvalue weighted by atomic mass is 10.1. The zero-order valence-electron chi connectivity index (χ0n) is 17.7. The largest absolute Gasteiger partial charge is 0.361 e. The number of amides is 1. The van der Waals surface area contributed by atoms with Gasteiger partial charge in [0.1, 0.15) is 11.6 Å². The molecule has 5 aromatic rings. The Morgan fingerprint density at radius 3 is 2.84 bits per heavy atom. The van der Waals surface area contributed by atoms with Gasteiger partial charge in [0.25, 0.3) is 5.56 Å². The lowest BCUT2D eigenvalue weighted by Gasteiger charge is -2.16. The second kappa shape index (κ2) is 7.84. The van der Waals surface area contributed by atoms with Crippen molar-refractivity contribution in [1.82, 2.24) is 24.6 Å². The smallest absolute Gasteiger partial charge is 0.291 e. The molecule has 2 N–H and O–H groups in total. The van der Waals surface area contributed by atoms with Gasteiger partial charge in [0.2, 0.25) is 5.91 Å². The zero-order chi connectivity index (χ0) is 22.4. The number of fused-ring (bicyclic) bond motifs is 4. The summed E-state index contributed by atoms with van der Waals surface area (Å²) in [5, 5.41) is 10.6. The minimum Gasteiger partial charge on any atom is -0.361 e. The SMILES string of the molecule is C[C@H](C(=O)NCCc1c[nH]c2ccc(Cl)cc12)n1c2ccccc2c2cnn(C)c(=O)c21. The molecule has 0 radical (unpaired) electrons. The normalized spacial score (nSPS) is 12.6. The molecule has 2 aromatic carbocycles. The predicted octanol–water partition coefficient (Wildman–Crippen LogP) is 3.94. The predicted molar refractivity (Wildman–Crippen MR) is 127 cm³/mol. The number of benzene rings is 2. The minimum atomic E-state index is -0.565. The van der Waals surface area contributed by atoms with Gasteiger partial charge in [0.15, 0.2) is 0 Å². The highest BCUT2D eigenvalue weighted by molar-refractivity contribution is 6.31. The average Bonchev–Trinajstić information content (AvgIpc) is 3.34. The Kier molecular flexibility index (Phi) is 4.98. The van der Waals surface area contributed by atoms with Crippen molar-refractivity contribution in [2.45, 2.75) is 19.4 Å². The van der Waals surface area contributed by atoms with Crippen molar-refractivity contribution >= 4 is 50.2 Å². The van der Waals surface area contributed by atoms with Gasteiger partial charge in [-0.05, 0) is 43.2 Å². The van der Waals surface area contributed by atoms with E-state index >= 15 is 0 Å². The van der Waals surface area contributed by atoms with Gasteiger partial charge < -0.3 is 14.9 Å². The van der Waals surface area contributed by atoms with Crippen molar-refractivity contribution in [3.05, 3.63) is 75.8 Å². The number of rotatable bonds is 5. The van der Waals surface area contributed by atoms with Crippen LogP contribution >= 0.6 is 11.6 Å². The van der Waals surface area contributed by atoms with Crippen LogP contribution in [0.25, 0.3) is 32.7 Å². The van der Waals surface area contributed by atoms with E-state index in [2.05, 4.69) is 15.4 Å². The summed E-state index contributed by atoms with van der Waals surface area (Å²) in [6.07, 6.45) is 4.29. The van der Waals surface area contributed by atoms with Crippen LogP contribution in [0, 0.1) is 0 Å². The third-order valence-corrected chi connectivity index (χ3v) is 6.23. The fourth-order valence-electron chi connectivity index (χ4n) is 4.33. The van der Waals surface area contributed by atoms with Crippen molar-refractivity contribution in [2.24, 2.45) is 7.05 Å². The van der Waals surface area contributed by atoms with E-state index in [1.54, 1.807) is 13.2 Å². The van der Waals surface area contributed by atoms with Crippen LogP contribution < -0.4 is 10.9 Å². The Balaban J connectivity index is 1.43. The van der Waals surface area contributed by atoms with Crippen molar-refractivity contribution in [2.75, 3.05) is 6.54 Å². The van der Waals surface area contributed by atoms with E-state index in [0.29, 0.717) is 23.5 Å². The fourth-order valence-corrected chi connectivity index (χ4v) is 4.51. The monoisotopic (exact) mass is 447 g/mol. The first kappa shape index (κ1) is 20.3. The van der Waals surface area contributed by atoms with Gasteiger partial charge in [-0.15, -0.1) is 0 Å². The van der Waals surface area contributed by atoms with Crippen molar-refractivity contribution in [3.8, 4) is 0 Å². The molecular weight excluding hydrogens is 426 g/mol. The summed E-state index contributed by atoms with van der Waals surface area (Å²) < 4.78 is 3.11. The van der Waals surface area contributed by atoms with Crippen molar-refractivity contribution in [3.63, 3.8) is 0 Å². The zero-order valence-corrected chi connectivity index (χ0v) is 18.5. The van der Waals surface area contributed by atoms with Gasteiger partial charge in [-0.25, -0.2) is 4.68 Å². The Morgan fingerprint density at radius 1 is 1.19 bits per heavy atom. The molecule has 0 fully saturated rings. The first-order valence-corrected chi connectivity index (χ1v) is 10.8. The molecule has 0 saturated carbocycles. The number of hydrogen-bond acceptors (Lipinski definition) is 3. The summed E-state index contributed by atoms with van der Waals surface area (Å²) in [7, 11) is 1.61. The first-order chi connectivity index (χ1) is 15.5. The molecule has 0 unspecified atom stereocenters. The molecule has 5 rings (SSSR count). The number of hydrogen-bond donors (Lipinski definition) is 2. The molecule has 1 amide bonds. The van der Waals surface area contributed by atoms with Gasteiger partial charge in [0, 0.05) is 46.5 Å². The average molecular weight is 448 g/mol. The Labute approximate surface area is 188 Å². The fraction of sp³-hybridized carbons (Fsp3) is 0.208. The highest BCUT2D eigenvalue weighted by atomic mass is 35.5. The molecule has 0 saturated heterocycles. The van der Waals surface area contributed by atoms with Crippen LogP contribution in [-0.2, 0) is 18.3 Å². The molecule has 3 heterocycles. The standard InChI is InChI=1S/C24H22ClN5O2/c1-14(23(31)26-10-9-15-12-27-20-8-7-16(25)11-18(15)20)30-21-6-4-3-5-17(21)19-13-28-29(2)24(32)22(19)30/h3-8,11-14,27H,9-10H2,1-2H3,(H,26,31)/t14-/m1/s1. The second-order valence-electron chi connectivity index (χ2n) is 7.94. The summed E-state index contributed by atoms with van der Waals surface area (Å²) >= 11 is 6.13. The molecule has 8 heteroatoms. The summed E-state index contributed by atoms with van der Waals surface area (Å²) in [5.41, 5.74) is 3.19. The lowest BCUT2D eigenvalue weighted by Crippen LogP contribution is -2.33. The molecule has 3 aromatic heterocycles. The third-order valence-electron chi connectivity index (χ3n) is 6.00. The van der Waals surface area contributed by atoms with Gasteiger partial charge >= 0.3 is 0 Å². The minimum absolute atomic E-state index is 0.149. The topological polar surface area (TPSA) is 84.7 Å². The van der Waals surface area contributed by atoms with E-state index in [9.17, 15) is 9.59 Å². The Hall–Kier alpha value is -3.58. The van der Waals surface area contributed by atoms with Gasteiger partial charge in [-0.3, -0.25) is 9.59 Å². The number of H-pyrrole nitrogens is 1. The van der Waals surface area contributed by atoms with Gasteiger partial charge in [-0.1, -0.05) is 29.8 Å². The number of aromatic nitrogens is 4. The van der Waals surface area contributed by atoms with E-state index in [4.69, 9.17) is 11.6 Å². The molecule has 7 nitrogen and oxygen atoms in total. The van der Waals surface area contributed by atoms with E-state index < -0.39 is 6.04 Å². The third kappa shape index (κ3) is 3.26.